The van der Waals surface area contributed by atoms with Crippen molar-refractivity contribution in [1.82, 2.24) is 9.97 Å². The summed E-state index contributed by atoms with van der Waals surface area (Å²) in [7, 11) is 0. The molecule has 0 aliphatic rings. The molecule has 1 heterocycles. The van der Waals surface area contributed by atoms with Crippen LogP contribution in [0.15, 0.2) is 15.6 Å². The molecule has 0 atom stereocenters. The highest BCUT2D eigenvalue weighted by molar-refractivity contribution is 9.10. The molecule has 16 heavy (non-hydrogen) atoms. The van der Waals surface area contributed by atoms with Crippen LogP contribution >= 0.6 is 15.9 Å². The summed E-state index contributed by atoms with van der Waals surface area (Å²) < 4.78 is 0.453. The van der Waals surface area contributed by atoms with E-state index in [0.717, 1.165) is 6.54 Å². The van der Waals surface area contributed by atoms with E-state index in [4.69, 9.17) is 0 Å². The zero-order valence-electron chi connectivity index (χ0n) is 10.1. The fraction of sp³-hybridized carbons (Fsp3) is 0.636. The summed E-state index contributed by atoms with van der Waals surface area (Å²) in [5.74, 6) is 1.15. The van der Waals surface area contributed by atoms with Crippen LogP contribution in [-0.2, 0) is 0 Å². The molecule has 1 aromatic rings. The van der Waals surface area contributed by atoms with Gasteiger partial charge in [-0.15, -0.1) is 0 Å². The van der Waals surface area contributed by atoms with E-state index in [0.29, 0.717) is 16.2 Å². The molecule has 2 N–H and O–H groups in total. The number of nitrogens with one attached hydrogen (secondary N) is 2. The number of nitrogens with zero attached hydrogens (tertiary/aromatic N) is 1. The lowest BCUT2D eigenvalue weighted by atomic mass is 9.81. The van der Waals surface area contributed by atoms with Gasteiger partial charge in [-0.3, -0.25) is 4.79 Å². The maximum atomic E-state index is 11.3. The number of aromatic amines is 1. The summed E-state index contributed by atoms with van der Waals surface area (Å²) in [6.45, 7) is 9.51. The van der Waals surface area contributed by atoms with Gasteiger partial charge in [0.15, 0.2) is 0 Å². The molecule has 4 nitrogen and oxygen atoms in total. The minimum absolute atomic E-state index is 0.156. The molecule has 0 radical (unpaired) electrons. The Morgan fingerprint density at radius 1 is 1.56 bits per heavy atom. The highest BCUT2D eigenvalue weighted by Gasteiger charge is 2.22. The second kappa shape index (κ2) is 4.99. The van der Waals surface area contributed by atoms with E-state index in [1.54, 1.807) is 0 Å². The van der Waals surface area contributed by atoms with E-state index in [1.807, 2.05) is 0 Å². The molecular formula is C11H18BrN3O. The van der Waals surface area contributed by atoms with Crippen molar-refractivity contribution in [2.24, 2.45) is 11.3 Å². The quantitative estimate of drug-likeness (QED) is 0.895. The molecule has 5 heteroatoms. The second-order valence-electron chi connectivity index (χ2n) is 4.89. The maximum absolute atomic E-state index is 11.3. The lowest BCUT2D eigenvalue weighted by Gasteiger charge is -2.29. The molecule has 0 unspecified atom stereocenters. The third-order valence-corrected chi connectivity index (χ3v) is 3.81. The van der Waals surface area contributed by atoms with Gasteiger partial charge in [0.25, 0.3) is 5.56 Å². The highest BCUT2D eigenvalue weighted by Crippen LogP contribution is 2.26. The molecule has 0 bridgehead atoms. The number of halogens is 1. The van der Waals surface area contributed by atoms with Crippen LogP contribution in [0.2, 0.25) is 0 Å². The Balaban J connectivity index is 2.76. The third kappa shape index (κ3) is 3.07. The zero-order valence-corrected chi connectivity index (χ0v) is 11.7. The summed E-state index contributed by atoms with van der Waals surface area (Å²) in [6, 6.07) is 0. The van der Waals surface area contributed by atoms with Gasteiger partial charge in [0.2, 0.25) is 0 Å². The van der Waals surface area contributed by atoms with E-state index in [1.165, 1.54) is 6.33 Å². The van der Waals surface area contributed by atoms with Crippen LogP contribution in [0, 0.1) is 11.3 Å². The van der Waals surface area contributed by atoms with Gasteiger partial charge in [0.05, 0.1) is 6.33 Å². The van der Waals surface area contributed by atoms with Gasteiger partial charge in [-0.2, -0.15) is 0 Å². The van der Waals surface area contributed by atoms with Gasteiger partial charge < -0.3 is 10.3 Å². The first-order valence-corrected chi connectivity index (χ1v) is 6.11. The Bertz CT molecular complexity index is 412. The first-order valence-electron chi connectivity index (χ1n) is 5.31. The normalized spacial score (nSPS) is 11.9. The van der Waals surface area contributed by atoms with Crippen LogP contribution in [0.4, 0.5) is 5.82 Å². The van der Waals surface area contributed by atoms with Gasteiger partial charge in [-0.25, -0.2) is 4.98 Å². The first kappa shape index (κ1) is 13.2. The third-order valence-electron chi connectivity index (χ3n) is 3.07. The number of aromatic nitrogens is 2. The minimum Gasteiger partial charge on any atom is -0.368 e. The smallest absolute Gasteiger partial charge is 0.267 e. The number of anilines is 1. The Hall–Kier alpha value is -0.840. The molecule has 0 spiro atoms. The van der Waals surface area contributed by atoms with Gasteiger partial charge in [0, 0.05) is 6.54 Å². The Morgan fingerprint density at radius 3 is 2.75 bits per heavy atom. The van der Waals surface area contributed by atoms with Crippen LogP contribution in [0.3, 0.4) is 0 Å². The molecule has 0 fully saturated rings. The highest BCUT2D eigenvalue weighted by atomic mass is 79.9. The average molecular weight is 288 g/mol. The molecule has 0 aliphatic carbocycles. The average Bonchev–Trinajstić information content (AvgIpc) is 2.20. The fourth-order valence-electron chi connectivity index (χ4n) is 1.02. The van der Waals surface area contributed by atoms with E-state index in [9.17, 15) is 4.79 Å². The van der Waals surface area contributed by atoms with Gasteiger partial charge in [0.1, 0.15) is 10.3 Å². The summed E-state index contributed by atoms with van der Waals surface area (Å²) in [6.07, 6.45) is 1.40. The summed E-state index contributed by atoms with van der Waals surface area (Å²) in [5.41, 5.74) is -0.0103. The summed E-state index contributed by atoms with van der Waals surface area (Å²) in [4.78, 5) is 17.9. The number of hydrogen-bond acceptors (Lipinski definition) is 3. The van der Waals surface area contributed by atoms with Gasteiger partial charge in [-0.1, -0.05) is 27.7 Å². The lowest BCUT2D eigenvalue weighted by Crippen LogP contribution is -2.29. The van der Waals surface area contributed by atoms with E-state index in [2.05, 4.69) is 58.9 Å². The topological polar surface area (TPSA) is 57.8 Å². The van der Waals surface area contributed by atoms with E-state index >= 15 is 0 Å². The zero-order chi connectivity index (χ0) is 12.3. The molecule has 90 valence electrons. The molecule has 0 saturated carbocycles. The Morgan fingerprint density at radius 2 is 2.19 bits per heavy atom. The van der Waals surface area contributed by atoms with Crippen molar-refractivity contribution in [3.8, 4) is 0 Å². The largest absolute Gasteiger partial charge is 0.368 e. The number of H-pyrrole nitrogens is 1. The standard InChI is InChI=1S/C11H18BrN3O/c1-7(2)11(3,4)5-13-9-8(12)10(16)15-6-14-9/h6-7H,5H2,1-4H3,(H2,13,14,15,16). The molecule has 0 amide bonds. The van der Waals surface area contributed by atoms with Gasteiger partial charge in [-0.05, 0) is 27.3 Å². The Kier molecular flexibility index (Phi) is 4.13. The predicted octanol–water partition coefficient (Wildman–Crippen LogP) is 2.63. The van der Waals surface area contributed by atoms with Gasteiger partial charge >= 0.3 is 0 Å². The molecule has 1 aromatic heterocycles. The summed E-state index contributed by atoms with van der Waals surface area (Å²) >= 11 is 3.22. The summed E-state index contributed by atoms with van der Waals surface area (Å²) in [5, 5.41) is 3.20. The maximum Gasteiger partial charge on any atom is 0.267 e. The predicted molar refractivity (Wildman–Crippen MR) is 69.7 cm³/mol. The molecule has 0 aromatic carbocycles. The molecular weight excluding hydrogens is 270 g/mol. The monoisotopic (exact) mass is 287 g/mol. The lowest BCUT2D eigenvalue weighted by molar-refractivity contribution is 0.269. The van der Waals surface area contributed by atoms with Crippen LogP contribution in [-0.4, -0.2) is 16.5 Å². The molecule has 1 rings (SSSR count). The van der Waals surface area contributed by atoms with Crippen molar-refractivity contribution in [3.05, 3.63) is 21.2 Å². The van der Waals surface area contributed by atoms with Crippen molar-refractivity contribution in [2.75, 3.05) is 11.9 Å². The van der Waals surface area contributed by atoms with Crippen LogP contribution < -0.4 is 10.9 Å². The van der Waals surface area contributed by atoms with Crippen LogP contribution in [0.25, 0.3) is 0 Å². The second-order valence-corrected chi connectivity index (χ2v) is 5.68. The van der Waals surface area contributed by atoms with Crippen molar-refractivity contribution < 1.29 is 0 Å². The number of hydrogen-bond donors (Lipinski definition) is 2. The Labute approximate surface area is 104 Å². The van der Waals surface area contributed by atoms with E-state index < -0.39 is 0 Å². The SMILES string of the molecule is CC(C)C(C)(C)CNc1nc[nH]c(=O)c1Br. The van der Waals surface area contributed by atoms with E-state index in [-0.39, 0.29) is 11.0 Å². The fourth-order valence-corrected chi connectivity index (χ4v) is 1.38. The van der Waals surface area contributed by atoms with Crippen LogP contribution in [0.1, 0.15) is 27.7 Å². The first-order chi connectivity index (χ1) is 7.34. The van der Waals surface area contributed by atoms with Crippen LogP contribution in [0.5, 0.6) is 0 Å². The molecule has 0 aliphatic heterocycles. The number of rotatable bonds is 4. The van der Waals surface area contributed by atoms with Crippen molar-refractivity contribution in [3.63, 3.8) is 0 Å². The van der Waals surface area contributed by atoms with Crippen molar-refractivity contribution >= 4 is 21.7 Å². The minimum atomic E-state index is -0.167. The van der Waals surface area contributed by atoms with Crippen molar-refractivity contribution in [1.29, 1.82) is 0 Å². The van der Waals surface area contributed by atoms with Crippen molar-refractivity contribution in [2.45, 2.75) is 27.7 Å². The molecule has 0 saturated heterocycles.